The lowest BCUT2D eigenvalue weighted by atomic mass is 10.0. The SMILES string of the molecule is COc1ncc(-c2ccc3ncc4c(c3c2)OCC(=O)N4)cc1NS(=O)(=O)c1ccc(F)cc1. The number of ether oxygens (including phenoxy) is 2. The minimum Gasteiger partial charge on any atom is -0.481 e. The van der Waals surface area contributed by atoms with Crippen LogP contribution in [0, 0.1) is 5.82 Å². The second-order valence-electron chi connectivity index (χ2n) is 7.41. The molecule has 172 valence electrons. The van der Waals surface area contributed by atoms with Gasteiger partial charge in [-0.05, 0) is 48.0 Å². The molecule has 0 saturated carbocycles. The van der Waals surface area contributed by atoms with Crippen LogP contribution in [0.15, 0.2) is 65.8 Å². The minimum absolute atomic E-state index is 0.0697. The number of amides is 1. The first-order valence-corrected chi connectivity index (χ1v) is 11.5. The lowest BCUT2D eigenvalue weighted by Crippen LogP contribution is -2.25. The Kier molecular flexibility index (Phi) is 5.25. The van der Waals surface area contributed by atoms with Gasteiger partial charge in [0, 0.05) is 17.1 Å². The molecule has 4 aromatic rings. The maximum absolute atomic E-state index is 13.2. The number of carbonyl (C=O) groups is 1. The van der Waals surface area contributed by atoms with E-state index >= 15 is 0 Å². The van der Waals surface area contributed by atoms with Crippen LogP contribution in [0.4, 0.5) is 15.8 Å². The predicted molar refractivity (Wildman–Crippen MR) is 123 cm³/mol. The van der Waals surface area contributed by atoms with Gasteiger partial charge in [0.05, 0.1) is 23.7 Å². The highest BCUT2D eigenvalue weighted by atomic mass is 32.2. The molecule has 34 heavy (non-hydrogen) atoms. The molecule has 0 saturated heterocycles. The van der Waals surface area contributed by atoms with Crippen molar-refractivity contribution in [1.29, 1.82) is 0 Å². The van der Waals surface area contributed by atoms with Gasteiger partial charge in [0.2, 0.25) is 5.88 Å². The zero-order chi connectivity index (χ0) is 23.9. The van der Waals surface area contributed by atoms with Gasteiger partial charge in [0.1, 0.15) is 17.2 Å². The Balaban J connectivity index is 1.55. The van der Waals surface area contributed by atoms with Gasteiger partial charge in [0.15, 0.2) is 12.4 Å². The molecular weight excluding hydrogens is 463 g/mol. The standard InChI is InChI=1S/C23H17FN4O5S/c1-32-23-19(28-34(30,31)16-5-3-15(24)4-6-16)9-14(10-26-23)13-2-7-18-17(8-13)22-20(11-25-18)27-21(29)12-33-22/h2-11,28H,12H2,1H3,(H,27,29). The highest BCUT2D eigenvalue weighted by molar-refractivity contribution is 7.92. The average Bonchev–Trinajstić information content (AvgIpc) is 2.83. The Hall–Kier alpha value is -4.25. The first-order valence-electron chi connectivity index (χ1n) is 10.0. The summed E-state index contributed by atoms with van der Waals surface area (Å²) in [5, 5.41) is 3.40. The molecule has 11 heteroatoms. The number of benzene rings is 2. The number of methoxy groups -OCH3 is 1. The molecule has 9 nitrogen and oxygen atoms in total. The van der Waals surface area contributed by atoms with Crippen LogP contribution in [0.25, 0.3) is 22.0 Å². The minimum atomic E-state index is -4.02. The quantitative estimate of drug-likeness (QED) is 0.448. The molecule has 0 bridgehead atoms. The lowest BCUT2D eigenvalue weighted by molar-refractivity contribution is -0.118. The van der Waals surface area contributed by atoms with Gasteiger partial charge in [-0.3, -0.25) is 14.5 Å². The molecule has 2 N–H and O–H groups in total. The number of carbonyl (C=O) groups excluding carboxylic acids is 1. The number of halogens is 1. The van der Waals surface area contributed by atoms with E-state index in [2.05, 4.69) is 20.0 Å². The third kappa shape index (κ3) is 3.97. The van der Waals surface area contributed by atoms with E-state index in [0.717, 1.165) is 12.1 Å². The maximum Gasteiger partial charge on any atom is 0.262 e. The summed E-state index contributed by atoms with van der Waals surface area (Å²) in [6.07, 6.45) is 3.08. The number of nitrogens with zero attached hydrogens (tertiary/aromatic N) is 2. The number of hydrogen-bond acceptors (Lipinski definition) is 7. The fourth-order valence-electron chi connectivity index (χ4n) is 3.58. The highest BCUT2D eigenvalue weighted by Gasteiger charge is 2.21. The Bertz CT molecular complexity index is 1540. The molecule has 0 unspecified atom stereocenters. The third-order valence-corrected chi connectivity index (χ3v) is 6.57. The van der Waals surface area contributed by atoms with Crippen LogP contribution >= 0.6 is 0 Å². The second kappa shape index (κ2) is 8.27. The molecule has 5 rings (SSSR count). The average molecular weight is 480 g/mol. The normalized spacial score (nSPS) is 13.1. The number of hydrogen-bond donors (Lipinski definition) is 2. The number of fused-ring (bicyclic) bond motifs is 3. The van der Waals surface area contributed by atoms with Crippen molar-refractivity contribution in [3.8, 4) is 22.8 Å². The fraction of sp³-hybridized carbons (Fsp3) is 0.0870. The molecule has 3 heterocycles. The first-order chi connectivity index (χ1) is 16.3. The van der Waals surface area contributed by atoms with E-state index in [1.54, 1.807) is 18.3 Å². The van der Waals surface area contributed by atoms with E-state index in [1.165, 1.54) is 25.4 Å². The molecule has 0 atom stereocenters. The van der Waals surface area contributed by atoms with Gasteiger partial charge in [-0.1, -0.05) is 6.07 Å². The Labute approximate surface area is 193 Å². The number of sulfonamides is 1. The zero-order valence-electron chi connectivity index (χ0n) is 17.7. The summed E-state index contributed by atoms with van der Waals surface area (Å²) in [5.41, 5.74) is 2.55. The molecule has 0 fully saturated rings. The van der Waals surface area contributed by atoms with E-state index in [9.17, 15) is 17.6 Å². The topological polar surface area (TPSA) is 120 Å². The molecule has 1 aliphatic heterocycles. The van der Waals surface area contributed by atoms with Gasteiger partial charge in [-0.2, -0.15) is 0 Å². The predicted octanol–water partition coefficient (Wildman–Crippen LogP) is 3.58. The van der Waals surface area contributed by atoms with Crippen molar-refractivity contribution in [1.82, 2.24) is 9.97 Å². The van der Waals surface area contributed by atoms with Gasteiger partial charge < -0.3 is 14.8 Å². The van der Waals surface area contributed by atoms with Crippen molar-refractivity contribution in [2.24, 2.45) is 0 Å². The zero-order valence-corrected chi connectivity index (χ0v) is 18.5. The van der Waals surface area contributed by atoms with E-state index in [-0.39, 0.29) is 29.0 Å². The fourth-order valence-corrected chi connectivity index (χ4v) is 4.63. The Morgan fingerprint density at radius 3 is 2.62 bits per heavy atom. The molecule has 0 radical (unpaired) electrons. The Morgan fingerprint density at radius 1 is 1.06 bits per heavy atom. The van der Waals surface area contributed by atoms with Crippen LogP contribution in [0.3, 0.4) is 0 Å². The van der Waals surface area contributed by atoms with Crippen LogP contribution in [-0.2, 0) is 14.8 Å². The van der Waals surface area contributed by atoms with Crippen LogP contribution in [0.5, 0.6) is 11.6 Å². The number of anilines is 2. The Morgan fingerprint density at radius 2 is 1.85 bits per heavy atom. The van der Waals surface area contributed by atoms with Gasteiger partial charge in [-0.15, -0.1) is 0 Å². The van der Waals surface area contributed by atoms with E-state index in [0.29, 0.717) is 33.5 Å². The molecule has 1 aliphatic rings. The third-order valence-electron chi connectivity index (χ3n) is 5.19. The van der Waals surface area contributed by atoms with Crippen molar-refractivity contribution in [3.63, 3.8) is 0 Å². The summed E-state index contributed by atoms with van der Waals surface area (Å²) < 4.78 is 52.1. The molecular formula is C23H17FN4O5S. The molecule has 1 amide bonds. The summed E-state index contributed by atoms with van der Waals surface area (Å²) >= 11 is 0. The number of nitrogens with one attached hydrogen (secondary N) is 2. The summed E-state index contributed by atoms with van der Waals surface area (Å²) in [5.74, 6) is -0.232. The van der Waals surface area contributed by atoms with Gasteiger partial charge in [-0.25, -0.2) is 17.8 Å². The van der Waals surface area contributed by atoms with Gasteiger partial charge >= 0.3 is 0 Å². The lowest BCUT2D eigenvalue weighted by Gasteiger charge is -2.19. The summed E-state index contributed by atoms with van der Waals surface area (Å²) in [6.45, 7) is -0.101. The van der Waals surface area contributed by atoms with E-state index < -0.39 is 15.8 Å². The number of aromatic nitrogens is 2. The molecule has 0 spiro atoms. The maximum atomic E-state index is 13.2. The van der Waals surface area contributed by atoms with Crippen molar-refractivity contribution in [2.75, 3.05) is 23.8 Å². The van der Waals surface area contributed by atoms with Crippen LogP contribution in [-0.4, -0.2) is 38.0 Å². The van der Waals surface area contributed by atoms with Crippen molar-refractivity contribution < 1.29 is 27.1 Å². The van der Waals surface area contributed by atoms with Crippen molar-refractivity contribution in [2.45, 2.75) is 4.90 Å². The van der Waals surface area contributed by atoms with E-state index in [4.69, 9.17) is 9.47 Å². The molecule has 2 aromatic carbocycles. The summed E-state index contributed by atoms with van der Waals surface area (Å²) in [4.78, 5) is 20.1. The number of pyridine rings is 2. The molecule has 2 aromatic heterocycles. The smallest absolute Gasteiger partial charge is 0.262 e. The summed E-state index contributed by atoms with van der Waals surface area (Å²) in [6, 6.07) is 11.5. The number of rotatable bonds is 5. The van der Waals surface area contributed by atoms with E-state index in [1.807, 2.05) is 12.1 Å². The van der Waals surface area contributed by atoms with Crippen LogP contribution in [0.1, 0.15) is 0 Å². The highest BCUT2D eigenvalue weighted by Crippen LogP contribution is 2.37. The monoisotopic (exact) mass is 480 g/mol. The largest absolute Gasteiger partial charge is 0.481 e. The first kappa shape index (κ1) is 21.6. The second-order valence-corrected chi connectivity index (χ2v) is 9.09. The summed E-state index contributed by atoms with van der Waals surface area (Å²) in [7, 11) is -2.65. The van der Waals surface area contributed by atoms with Crippen molar-refractivity contribution in [3.05, 3.63) is 66.7 Å². The van der Waals surface area contributed by atoms with Crippen LogP contribution in [0.2, 0.25) is 0 Å². The van der Waals surface area contributed by atoms with Gasteiger partial charge in [0.25, 0.3) is 15.9 Å². The molecule has 0 aliphatic carbocycles. The van der Waals surface area contributed by atoms with Crippen molar-refractivity contribution >= 4 is 38.2 Å². The van der Waals surface area contributed by atoms with Crippen LogP contribution < -0.4 is 19.5 Å².